The van der Waals surface area contributed by atoms with Crippen LogP contribution in [-0.2, 0) is 29.0 Å². The van der Waals surface area contributed by atoms with Crippen LogP contribution in [0.25, 0.3) is 0 Å². The molecule has 2 heterocycles. The van der Waals surface area contributed by atoms with Crippen molar-refractivity contribution in [2.75, 3.05) is 52.5 Å². The highest BCUT2D eigenvalue weighted by atomic mass is 19.1. The number of morpholine rings is 1. The van der Waals surface area contributed by atoms with Crippen LogP contribution in [0.2, 0.25) is 0 Å². The number of halogens is 2. The Labute approximate surface area is 217 Å². The molecule has 0 N–H and O–H groups in total. The maximum Gasteiger partial charge on any atom is 0.237 e. The Morgan fingerprint density at radius 3 is 2.49 bits per heavy atom. The molecule has 37 heavy (non-hydrogen) atoms. The Morgan fingerprint density at radius 2 is 1.76 bits per heavy atom. The standard InChI is InChI=1S/C29H35F2N3O3/c1-23-7-9-27(37-23)21-34(12-11-24-5-3-2-4-6-24)29(35)22-33(14-13-32-15-17-36-18-16-32)20-25-19-26(30)8-10-28(25)31/h2-10,19H,11-18,20-22H2,1H3. The SMILES string of the molecule is Cc1ccc(CN(CCc2ccccc2)C(=O)CN(CCN2CCOCC2)Cc2cc(F)ccc2F)o1. The fourth-order valence-electron chi connectivity index (χ4n) is 4.48. The van der Waals surface area contributed by atoms with Gasteiger partial charge >= 0.3 is 0 Å². The molecule has 3 aromatic rings. The van der Waals surface area contributed by atoms with Gasteiger partial charge in [0.05, 0.1) is 26.3 Å². The molecule has 0 atom stereocenters. The molecule has 0 saturated carbocycles. The van der Waals surface area contributed by atoms with E-state index in [9.17, 15) is 13.6 Å². The quantitative estimate of drug-likeness (QED) is 0.364. The molecule has 8 heteroatoms. The van der Waals surface area contributed by atoms with Gasteiger partial charge in [-0.15, -0.1) is 0 Å². The number of benzene rings is 2. The number of rotatable bonds is 12. The van der Waals surface area contributed by atoms with E-state index in [-0.39, 0.29) is 24.6 Å². The maximum atomic E-state index is 14.5. The largest absolute Gasteiger partial charge is 0.464 e. The lowest BCUT2D eigenvalue weighted by atomic mass is 10.1. The van der Waals surface area contributed by atoms with Crippen LogP contribution >= 0.6 is 0 Å². The van der Waals surface area contributed by atoms with E-state index in [1.807, 2.05) is 54.3 Å². The smallest absolute Gasteiger partial charge is 0.237 e. The van der Waals surface area contributed by atoms with Gasteiger partial charge in [0.25, 0.3) is 0 Å². The Balaban J connectivity index is 1.47. The first-order chi connectivity index (χ1) is 18.0. The monoisotopic (exact) mass is 511 g/mol. The highest BCUT2D eigenvalue weighted by Crippen LogP contribution is 2.15. The summed E-state index contributed by atoms with van der Waals surface area (Å²) in [6.45, 7) is 7.23. The summed E-state index contributed by atoms with van der Waals surface area (Å²) >= 11 is 0. The molecule has 1 aliphatic rings. The normalized spacial score (nSPS) is 14.3. The van der Waals surface area contributed by atoms with E-state index < -0.39 is 11.6 Å². The van der Waals surface area contributed by atoms with Crippen LogP contribution < -0.4 is 0 Å². The van der Waals surface area contributed by atoms with E-state index in [2.05, 4.69) is 4.90 Å². The van der Waals surface area contributed by atoms with Crippen molar-refractivity contribution >= 4 is 5.91 Å². The number of furan rings is 1. The van der Waals surface area contributed by atoms with Gasteiger partial charge in [-0.3, -0.25) is 14.6 Å². The Kier molecular flexibility index (Phi) is 9.82. The lowest BCUT2D eigenvalue weighted by molar-refractivity contribution is -0.133. The summed E-state index contributed by atoms with van der Waals surface area (Å²) in [6, 6.07) is 17.2. The van der Waals surface area contributed by atoms with Crippen molar-refractivity contribution in [3.05, 3.63) is 94.9 Å². The van der Waals surface area contributed by atoms with Crippen molar-refractivity contribution < 1.29 is 22.7 Å². The maximum absolute atomic E-state index is 14.5. The van der Waals surface area contributed by atoms with Gasteiger partial charge in [-0.25, -0.2) is 8.78 Å². The predicted molar refractivity (Wildman–Crippen MR) is 138 cm³/mol. The minimum Gasteiger partial charge on any atom is -0.464 e. The Bertz CT molecular complexity index is 1130. The average molecular weight is 512 g/mol. The highest BCUT2D eigenvalue weighted by molar-refractivity contribution is 5.78. The van der Waals surface area contributed by atoms with Crippen molar-refractivity contribution in [1.29, 1.82) is 0 Å². The molecular formula is C29H35F2N3O3. The molecule has 1 aromatic heterocycles. The van der Waals surface area contributed by atoms with Crippen molar-refractivity contribution in [1.82, 2.24) is 14.7 Å². The van der Waals surface area contributed by atoms with Crippen LogP contribution in [0.3, 0.4) is 0 Å². The van der Waals surface area contributed by atoms with Crippen LogP contribution in [0.15, 0.2) is 65.1 Å². The van der Waals surface area contributed by atoms with Gasteiger partial charge < -0.3 is 14.1 Å². The fourth-order valence-corrected chi connectivity index (χ4v) is 4.48. The van der Waals surface area contributed by atoms with Crippen LogP contribution in [-0.4, -0.2) is 73.1 Å². The van der Waals surface area contributed by atoms with Crippen molar-refractivity contribution in [3.8, 4) is 0 Å². The van der Waals surface area contributed by atoms with Gasteiger partial charge in [0, 0.05) is 44.8 Å². The van der Waals surface area contributed by atoms with Crippen LogP contribution in [0, 0.1) is 18.6 Å². The molecule has 1 aliphatic heterocycles. The van der Waals surface area contributed by atoms with E-state index in [4.69, 9.17) is 9.15 Å². The lowest BCUT2D eigenvalue weighted by Gasteiger charge is -2.31. The number of ether oxygens (including phenoxy) is 1. The third-order valence-corrected chi connectivity index (χ3v) is 6.61. The van der Waals surface area contributed by atoms with Crippen LogP contribution in [0.1, 0.15) is 22.6 Å². The summed E-state index contributed by atoms with van der Waals surface area (Å²) in [5, 5.41) is 0. The van der Waals surface area contributed by atoms with Crippen molar-refractivity contribution in [2.24, 2.45) is 0 Å². The van der Waals surface area contributed by atoms with Crippen LogP contribution in [0.5, 0.6) is 0 Å². The third-order valence-electron chi connectivity index (χ3n) is 6.61. The molecule has 198 valence electrons. The second-order valence-electron chi connectivity index (χ2n) is 9.46. The average Bonchev–Trinajstić information content (AvgIpc) is 3.32. The number of amides is 1. The van der Waals surface area contributed by atoms with Gasteiger partial charge in [0.15, 0.2) is 0 Å². The molecule has 1 saturated heterocycles. The van der Waals surface area contributed by atoms with Crippen LogP contribution in [0.4, 0.5) is 8.78 Å². The zero-order valence-corrected chi connectivity index (χ0v) is 21.4. The minimum atomic E-state index is -0.492. The first-order valence-corrected chi connectivity index (χ1v) is 12.8. The topological polar surface area (TPSA) is 49.2 Å². The van der Waals surface area contributed by atoms with Gasteiger partial charge in [-0.2, -0.15) is 0 Å². The molecule has 2 aromatic carbocycles. The van der Waals surface area contributed by atoms with Crippen molar-refractivity contribution in [2.45, 2.75) is 26.4 Å². The summed E-state index contributed by atoms with van der Waals surface area (Å²) in [5.74, 6) is 0.462. The zero-order chi connectivity index (χ0) is 26.0. The summed E-state index contributed by atoms with van der Waals surface area (Å²) in [5.41, 5.74) is 1.38. The summed E-state index contributed by atoms with van der Waals surface area (Å²) in [6.07, 6.45) is 0.707. The highest BCUT2D eigenvalue weighted by Gasteiger charge is 2.21. The molecule has 0 unspecified atom stereocenters. The van der Waals surface area contributed by atoms with Crippen molar-refractivity contribution in [3.63, 3.8) is 0 Å². The zero-order valence-electron chi connectivity index (χ0n) is 21.4. The summed E-state index contributed by atoms with van der Waals surface area (Å²) < 4.78 is 39.6. The predicted octanol–water partition coefficient (Wildman–Crippen LogP) is 4.27. The van der Waals surface area contributed by atoms with Gasteiger partial charge in [0.1, 0.15) is 23.2 Å². The van der Waals surface area contributed by atoms with Gasteiger partial charge in [-0.05, 0) is 49.2 Å². The van der Waals surface area contributed by atoms with Gasteiger partial charge in [0.2, 0.25) is 5.91 Å². The number of hydrogen-bond donors (Lipinski definition) is 0. The summed E-state index contributed by atoms with van der Waals surface area (Å²) in [7, 11) is 0. The number of carbonyl (C=O) groups is 1. The number of nitrogens with zero attached hydrogens (tertiary/aromatic N) is 3. The van der Waals surface area contributed by atoms with E-state index in [1.54, 1.807) is 4.90 Å². The molecule has 0 bridgehead atoms. The number of carbonyl (C=O) groups excluding carboxylic acids is 1. The molecular weight excluding hydrogens is 476 g/mol. The fraction of sp³-hybridized carbons (Fsp3) is 0.414. The summed E-state index contributed by atoms with van der Waals surface area (Å²) in [4.78, 5) is 19.6. The van der Waals surface area contributed by atoms with E-state index >= 15 is 0 Å². The number of aryl methyl sites for hydroxylation is 1. The second kappa shape index (κ2) is 13.5. The molecule has 0 aliphatic carbocycles. The molecule has 1 fully saturated rings. The molecule has 0 spiro atoms. The molecule has 6 nitrogen and oxygen atoms in total. The Hall–Kier alpha value is -3.07. The second-order valence-corrected chi connectivity index (χ2v) is 9.46. The minimum absolute atomic E-state index is 0.0798. The first-order valence-electron chi connectivity index (χ1n) is 12.8. The molecule has 0 radical (unpaired) electrons. The van der Waals surface area contributed by atoms with Gasteiger partial charge in [-0.1, -0.05) is 30.3 Å². The van der Waals surface area contributed by atoms with E-state index in [1.165, 1.54) is 6.07 Å². The van der Waals surface area contributed by atoms with E-state index in [0.717, 1.165) is 48.9 Å². The number of hydrogen-bond acceptors (Lipinski definition) is 5. The molecule has 4 rings (SSSR count). The van der Waals surface area contributed by atoms with E-state index in [0.29, 0.717) is 39.3 Å². The lowest BCUT2D eigenvalue weighted by Crippen LogP contribution is -2.45. The Morgan fingerprint density at radius 1 is 0.973 bits per heavy atom. The first kappa shape index (κ1) is 27.0. The molecule has 1 amide bonds. The third kappa shape index (κ3) is 8.49.